The van der Waals surface area contributed by atoms with Gasteiger partial charge in [0.05, 0.1) is 11.4 Å². The Morgan fingerprint density at radius 3 is 1.47 bits per heavy atom. The first-order valence-electron chi connectivity index (χ1n) is 14.4. The summed E-state index contributed by atoms with van der Waals surface area (Å²) in [5, 5.41) is 30.7. The molecule has 0 fully saturated rings. The quantitative estimate of drug-likeness (QED) is 0.183. The highest BCUT2D eigenvalue weighted by Crippen LogP contribution is 2.44. The highest BCUT2D eigenvalue weighted by atomic mass is 32.2. The summed E-state index contributed by atoms with van der Waals surface area (Å²) >= 11 is 3.07. The summed E-state index contributed by atoms with van der Waals surface area (Å²) in [6.45, 7) is 0. The molecule has 2 aliphatic heterocycles. The van der Waals surface area contributed by atoms with E-state index in [2.05, 4.69) is 79.8 Å². The standard InChI is InChI=1S/C34H26N8OS2/c43-26(32-36-38-34-42(32)40-29(23-15-7-2-8-16-23)31(45-34)25-19-11-4-12-20-25)21-27-35-37-33-41(27)39-28(22-13-5-1-6-14-22)30(44-33)24-17-9-3-10-18-24/h1-20,26,39-40,43H,21H2. The number of benzene rings is 4. The number of aliphatic hydroxyl groups is 1. The Kier molecular flexibility index (Phi) is 7.18. The highest BCUT2D eigenvalue weighted by Gasteiger charge is 2.31. The van der Waals surface area contributed by atoms with E-state index in [4.69, 9.17) is 0 Å². The molecule has 45 heavy (non-hydrogen) atoms. The summed E-state index contributed by atoms with van der Waals surface area (Å²) in [7, 11) is 0. The van der Waals surface area contributed by atoms with E-state index in [1.807, 2.05) is 77.5 Å². The van der Waals surface area contributed by atoms with Crippen molar-refractivity contribution in [2.24, 2.45) is 0 Å². The first kappa shape index (κ1) is 27.4. The molecule has 0 amide bonds. The second-order valence-electron chi connectivity index (χ2n) is 10.4. The molecule has 1 atom stereocenters. The predicted octanol–water partition coefficient (Wildman–Crippen LogP) is 6.50. The van der Waals surface area contributed by atoms with Crippen LogP contribution in [0.25, 0.3) is 21.2 Å². The monoisotopic (exact) mass is 626 g/mol. The van der Waals surface area contributed by atoms with Crippen molar-refractivity contribution in [2.75, 3.05) is 10.9 Å². The summed E-state index contributed by atoms with van der Waals surface area (Å²) < 4.78 is 3.61. The molecule has 0 radical (unpaired) electrons. The minimum atomic E-state index is -1.01. The van der Waals surface area contributed by atoms with Crippen molar-refractivity contribution in [3.63, 3.8) is 0 Å². The minimum Gasteiger partial charge on any atom is -0.385 e. The van der Waals surface area contributed by atoms with Crippen LogP contribution in [0.4, 0.5) is 0 Å². The molecule has 2 aliphatic rings. The van der Waals surface area contributed by atoms with Crippen LogP contribution in [0.2, 0.25) is 0 Å². The van der Waals surface area contributed by atoms with Gasteiger partial charge in [-0.25, -0.2) is 9.35 Å². The van der Waals surface area contributed by atoms with Gasteiger partial charge < -0.3 is 5.11 Å². The Morgan fingerprint density at radius 1 is 0.533 bits per heavy atom. The van der Waals surface area contributed by atoms with Crippen LogP contribution in [0.5, 0.6) is 0 Å². The topological polar surface area (TPSA) is 106 Å². The van der Waals surface area contributed by atoms with Crippen molar-refractivity contribution in [1.82, 2.24) is 29.7 Å². The predicted molar refractivity (Wildman–Crippen MR) is 179 cm³/mol. The van der Waals surface area contributed by atoms with E-state index in [0.29, 0.717) is 22.0 Å². The summed E-state index contributed by atoms with van der Waals surface area (Å²) in [5.74, 6) is 0.970. The van der Waals surface area contributed by atoms with Crippen LogP contribution in [0.1, 0.15) is 40.0 Å². The molecule has 4 heterocycles. The molecule has 6 aromatic rings. The lowest BCUT2D eigenvalue weighted by molar-refractivity contribution is 0.161. The van der Waals surface area contributed by atoms with E-state index < -0.39 is 6.10 Å². The van der Waals surface area contributed by atoms with Crippen LogP contribution in [0.15, 0.2) is 132 Å². The summed E-state index contributed by atoms with van der Waals surface area (Å²) in [4.78, 5) is 2.08. The van der Waals surface area contributed by atoms with Crippen LogP contribution in [0.3, 0.4) is 0 Å². The molecule has 0 saturated heterocycles. The van der Waals surface area contributed by atoms with Crippen LogP contribution in [-0.4, -0.2) is 34.9 Å². The molecule has 3 N–H and O–H groups in total. The van der Waals surface area contributed by atoms with Gasteiger partial charge in [0.15, 0.2) is 11.6 Å². The number of nitrogens with zero attached hydrogens (tertiary/aromatic N) is 6. The lowest BCUT2D eigenvalue weighted by atomic mass is 10.1. The second kappa shape index (κ2) is 11.8. The third kappa shape index (κ3) is 5.20. The lowest BCUT2D eigenvalue weighted by Crippen LogP contribution is -2.25. The van der Waals surface area contributed by atoms with Crippen LogP contribution >= 0.6 is 23.5 Å². The number of rotatable bonds is 7. The number of hydrogen-bond donors (Lipinski definition) is 3. The maximum Gasteiger partial charge on any atom is 0.215 e. The maximum atomic E-state index is 11.6. The van der Waals surface area contributed by atoms with Crippen molar-refractivity contribution in [1.29, 1.82) is 0 Å². The Hall–Kier alpha value is -5.10. The molecule has 11 heteroatoms. The molecule has 220 valence electrons. The number of thioether (sulfide) groups is 2. The van der Waals surface area contributed by atoms with E-state index >= 15 is 0 Å². The van der Waals surface area contributed by atoms with Gasteiger partial charge in [-0.1, -0.05) is 121 Å². The van der Waals surface area contributed by atoms with Gasteiger partial charge in [-0.2, -0.15) is 0 Å². The highest BCUT2D eigenvalue weighted by molar-refractivity contribution is 8.08. The average molecular weight is 627 g/mol. The number of hydrogen-bond acceptors (Lipinski definition) is 9. The van der Waals surface area contributed by atoms with Crippen LogP contribution in [0, 0.1) is 0 Å². The van der Waals surface area contributed by atoms with Crippen molar-refractivity contribution in [3.8, 4) is 0 Å². The second-order valence-corrected chi connectivity index (χ2v) is 12.4. The largest absolute Gasteiger partial charge is 0.385 e. The van der Waals surface area contributed by atoms with Gasteiger partial charge in [0.1, 0.15) is 6.10 Å². The summed E-state index contributed by atoms with van der Waals surface area (Å²) in [6.07, 6.45) is -0.835. The van der Waals surface area contributed by atoms with E-state index in [-0.39, 0.29) is 6.42 Å². The fourth-order valence-corrected chi connectivity index (χ4v) is 7.38. The van der Waals surface area contributed by atoms with E-state index in [0.717, 1.165) is 43.5 Å². The van der Waals surface area contributed by atoms with Gasteiger partial charge in [0.2, 0.25) is 10.3 Å². The van der Waals surface area contributed by atoms with Gasteiger partial charge in [0, 0.05) is 27.4 Å². The van der Waals surface area contributed by atoms with E-state index in [1.165, 1.54) is 11.8 Å². The number of fused-ring (bicyclic) bond motifs is 2. The lowest BCUT2D eigenvalue weighted by Gasteiger charge is -2.26. The molecule has 4 aromatic carbocycles. The third-order valence-electron chi connectivity index (χ3n) is 7.52. The molecule has 8 rings (SSSR count). The molecule has 0 bridgehead atoms. The number of aromatic nitrogens is 6. The Labute approximate surface area is 267 Å². The zero-order chi connectivity index (χ0) is 30.2. The fraction of sp³-hybridized carbons (Fsp3) is 0.0588. The SMILES string of the molecule is OC(Cc1nnc2n1NC(c1ccccc1)=C(c1ccccc1)S2)c1nnc2n1NC(c1ccccc1)=C(c1ccccc1)S2. The fourth-order valence-electron chi connectivity index (χ4n) is 5.34. The molecular weight excluding hydrogens is 601 g/mol. The zero-order valence-electron chi connectivity index (χ0n) is 23.8. The molecule has 0 aliphatic carbocycles. The van der Waals surface area contributed by atoms with Crippen molar-refractivity contribution < 1.29 is 5.11 Å². The molecule has 0 spiro atoms. The summed E-state index contributed by atoms with van der Waals surface area (Å²) in [5.41, 5.74) is 13.1. The van der Waals surface area contributed by atoms with Crippen molar-refractivity contribution in [2.45, 2.75) is 22.8 Å². The molecule has 1 unspecified atom stereocenters. The first-order valence-corrected chi connectivity index (χ1v) is 16.0. The normalized spacial score (nSPS) is 14.8. The van der Waals surface area contributed by atoms with E-state index in [1.54, 1.807) is 16.4 Å². The Bertz CT molecular complexity index is 2040. The van der Waals surface area contributed by atoms with Crippen molar-refractivity contribution in [3.05, 3.63) is 155 Å². The maximum absolute atomic E-state index is 11.6. The molecule has 0 saturated carbocycles. The first-order chi connectivity index (χ1) is 22.2. The van der Waals surface area contributed by atoms with Gasteiger partial charge in [0.25, 0.3) is 0 Å². The Balaban J connectivity index is 1.11. The number of nitrogens with one attached hydrogen (secondary N) is 2. The third-order valence-corrected chi connectivity index (χ3v) is 9.70. The van der Waals surface area contributed by atoms with Crippen LogP contribution < -0.4 is 10.9 Å². The summed E-state index contributed by atoms with van der Waals surface area (Å²) in [6, 6.07) is 40.8. The van der Waals surface area contributed by atoms with Gasteiger partial charge in [-0.3, -0.25) is 10.9 Å². The van der Waals surface area contributed by atoms with Crippen LogP contribution in [-0.2, 0) is 6.42 Å². The van der Waals surface area contributed by atoms with Gasteiger partial charge in [-0.05, 0) is 34.7 Å². The van der Waals surface area contributed by atoms with Gasteiger partial charge >= 0.3 is 0 Å². The average Bonchev–Trinajstić information content (AvgIpc) is 3.72. The smallest absolute Gasteiger partial charge is 0.215 e. The molecule has 9 nitrogen and oxygen atoms in total. The Morgan fingerprint density at radius 2 is 0.956 bits per heavy atom. The minimum absolute atomic E-state index is 0.170. The molecule has 2 aromatic heterocycles. The molecular formula is C34H26N8OS2. The van der Waals surface area contributed by atoms with Crippen molar-refractivity contribution >= 4 is 44.7 Å². The van der Waals surface area contributed by atoms with E-state index in [9.17, 15) is 5.11 Å². The number of aliphatic hydroxyl groups excluding tert-OH is 1. The zero-order valence-corrected chi connectivity index (χ0v) is 25.4. The van der Waals surface area contributed by atoms with Gasteiger partial charge in [-0.15, -0.1) is 20.4 Å².